The highest BCUT2D eigenvalue weighted by Gasteiger charge is 2.11. The maximum absolute atomic E-state index is 13.5. The first-order chi connectivity index (χ1) is 12.0. The average molecular weight is 359 g/mol. The second kappa shape index (κ2) is 7.48. The van der Waals surface area contributed by atoms with Gasteiger partial charge in [0.2, 0.25) is 0 Å². The Kier molecular flexibility index (Phi) is 5.14. The number of thiophene rings is 1. The summed E-state index contributed by atoms with van der Waals surface area (Å²) in [7, 11) is 1.86. The van der Waals surface area contributed by atoms with Crippen LogP contribution >= 0.6 is 11.3 Å². The van der Waals surface area contributed by atoms with Gasteiger partial charge in [-0.15, -0.1) is 11.3 Å². The predicted molar refractivity (Wildman–Crippen MR) is 94.2 cm³/mol. The van der Waals surface area contributed by atoms with Gasteiger partial charge in [-0.1, -0.05) is 12.1 Å². The van der Waals surface area contributed by atoms with Crippen molar-refractivity contribution in [2.24, 2.45) is 7.05 Å². The predicted octanol–water partition coefficient (Wildman–Crippen LogP) is 3.44. The zero-order chi connectivity index (χ0) is 17.8. The summed E-state index contributed by atoms with van der Waals surface area (Å²) in [5.41, 5.74) is 2.83. The molecule has 0 aliphatic heterocycles. The number of carbonyl (C=O) groups excluding carboxylic acids is 1. The van der Waals surface area contributed by atoms with Crippen molar-refractivity contribution in [1.82, 2.24) is 15.1 Å². The van der Waals surface area contributed by atoms with E-state index < -0.39 is 5.82 Å². The fraction of sp³-hybridized carbons (Fsp3) is 0.222. The molecule has 1 amide bonds. The number of halogens is 1. The van der Waals surface area contributed by atoms with Crippen LogP contribution in [0.25, 0.3) is 0 Å². The second-order valence-corrected chi connectivity index (χ2v) is 6.51. The number of para-hydroxylation sites is 1. The van der Waals surface area contributed by atoms with Gasteiger partial charge in [0.25, 0.3) is 5.91 Å². The number of benzene rings is 1. The van der Waals surface area contributed by atoms with Crippen molar-refractivity contribution in [3.05, 3.63) is 69.4 Å². The molecule has 1 aromatic carbocycles. The van der Waals surface area contributed by atoms with Crippen LogP contribution < -0.4 is 10.1 Å². The van der Waals surface area contributed by atoms with Crippen LogP contribution in [0.1, 0.15) is 26.5 Å². The molecule has 0 spiro atoms. The van der Waals surface area contributed by atoms with Crippen LogP contribution in [0.4, 0.5) is 4.39 Å². The van der Waals surface area contributed by atoms with Gasteiger partial charge in [0, 0.05) is 30.4 Å². The van der Waals surface area contributed by atoms with Crippen LogP contribution in [0.5, 0.6) is 5.75 Å². The highest BCUT2D eigenvalue weighted by Crippen LogP contribution is 2.20. The minimum atomic E-state index is -0.400. The summed E-state index contributed by atoms with van der Waals surface area (Å²) in [4.78, 5) is 12.8. The molecule has 0 unspecified atom stereocenters. The molecule has 0 bridgehead atoms. The monoisotopic (exact) mass is 359 g/mol. The topological polar surface area (TPSA) is 56.1 Å². The van der Waals surface area contributed by atoms with E-state index in [2.05, 4.69) is 10.4 Å². The van der Waals surface area contributed by atoms with Gasteiger partial charge >= 0.3 is 0 Å². The van der Waals surface area contributed by atoms with E-state index in [1.165, 1.54) is 17.4 Å². The molecule has 0 fully saturated rings. The first-order valence-electron chi connectivity index (χ1n) is 7.75. The lowest BCUT2D eigenvalue weighted by atomic mass is 10.2. The highest BCUT2D eigenvalue weighted by atomic mass is 32.1. The molecule has 0 radical (unpaired) electrons. The fourth-order valence-corrected chi connectivity index (χ4v) is 3.09. The van der Waals surface area contributed by atoms with Crippen LogP contribution in [0.15, 0.2) is 41.9 Å². The Bertz CT molecular complexity index is 888. The van der Waals surface area contributed by atoms with Crippen molar-refractivity contribution in [2.45, 2.75) is 20.1 Å². The molecular formula is C18H18FN3O2S. The van der Waals surface area contributed by atoms with E-state index in [1.807, 2.05) is 19.4 Å². The number of nitrogens with one attached hydrogen (secondary N) is 1. The van der Waals surface area contributed by atoms with E-state index >= 15 is 0 Å². The molecule has 25 heavy (non-hydrogen) atoms. The van der Waals surface area contributed by atoms with E-state index in [0.29, 0.717) is 11.4 Å². The number of rotatable bonds is 6. The minimum absolute atomic E-state index is 0.148. The van der Waals surface area contributed by atoms with Gasteiger partial charge < -0.3 is 10.1 Å². The normalized spacial score (nSPS) is 10.7. The SMILES string of the molecule is Cc1c(CNC(=O)c2cc(COc3ccccc3F)cs2)cnn1C. The van der Waals surface area contributed by atoms with Crippen molar-refractivity contribution in [3.8, 4) is 5.75 Å². The van der Waals surface area contributed by atoms with Crippen LogP contribution in [-0.4, -0.2) is 15.7 Å². The smallest absolute Gasteiger partial charge is 0.261 e. The number of ether oxygens (including phenoxy) is 1. The molecule has 2 aromatic heterocycles. The standard InChI is InChI=1S/C18H18FN3O2S/c1-12-14(9-21-22(12)2)8-20-18(23)17-7-13(11-25-17)10-24-16-6-4-3-5-15(16)19/h3-7,9,11H,8,10H2,1-2H3,(H,20,23). The van der Waals surface area contributed by atoms with Crippen LogP contribution in [0, 0.1) is 12.7 Å². The number of amides is 1. The third-order valence-corrected chi connectivity index (χ3v) is 4.86. The van der Waals surface area contributed by atoms with Gasteiger partial charge in [-0.25, -0.2) is 4.39 Å². The number of aryl methyl sites for hydroxylation is 1. The lowest BCUT2D eigenvalue weighted by Crippen LogP contribution is -2.22. The first kappa shape index (κ1) is 17.2. The Balaban J connectivity index is 1.56. The summed E-state index contributed by atoms with van der Waals surface area (Å²) < 4.78 is 20.7. The number of hydrogen-bond donors (Lipinski definition) is 1. The lowest BCUT2D eigenvalue weighted by Gasteiger charge is -2.05. The van der Waals surface area contributed by atoms with E-state index in [0.717, 1.165) is 16.8 Å². The first-order valence-corrected chi connectivity index (χ1v) is 8.63. The van der Waals surface area contributed by atoms with Gasteiger partial charge in [-0.2, -0.15) is 5.10 Å². The summed E-state index contributed by atoms with van der Waals surface area (Å²) in [5.74, 6) is -0.348. The van der Waals surface area contributed by atoms with Gasteiger partial charge in [-0.3, -0.25) is 9.48 Å². The molecule has 7 heteroatoms. The van der Waals surface area contributed by atoms with Crippen molar-refractivity contribution in [2.75, 3.05) is 0 Å². The zero-order valence-corrected chi connectivity index (χ0v) is 14.8. The third kappa shape index (κ3) is 4.06. The van der Waals surface area contributed by atoms with Crippen molar-refractivity contribution in [1.29, 1.82) is 0 Å². The maximum Gasteiger partial charge on any atom is 0.261 e. The molecule has 0 atom stereocenters. The van der Waals surface area contributed by atoms with Crippen molar-refractivity contribution < 1.29 is 13.9 Å². The quantitative estimate of drug-likeness (QED) is 0.733. The van der Waals surface area contributed by atoms with Crippen LogP contribution in [0.2, 0.25) is 0 Å². The number of aromatic nitrogens is 2. The van der Waals surface area contributed by atoms with Crippen molar-refractivity contribution >= 4 is 17.2 Å². The average Bonchev–Trinajstić information content (AvgIpc) is 3.20. The Labute approximate surface area is 149 Å². The minimum Gasteiger partial charge on any atom is -0.486 e. The molecule has 0 aliphatic rings. The summed E-state index contributed by atoms with van der Waals surface area (Å²) in [5, 5.41) is 8.87. The molecule has 1 N–H and O–H groups in total. The lowest BCUT2D eigenvalue weighted by molar-refractivity contribution is 0.0955. The van der Waals surface area contributed by atoms with Crippen LogP contribution in [-0.2, 0) is 20.2 Å². The molecule has 5 nitrogen and oxygen atoms in total. The molecule has 2 heterocycles. The van der Waals surface area contributed by atoms with E-state index in [1.54, 1.807) is 35.1 Å². The van der Waals surface area contributed by atoms with Gasteiger partial charge in [0.15, 0.2) is 11.6 Å². The number of nitrogens with zero attached hydrogens (tertiary/aromatic N) is 2. The molecule has 0 aliphatic carbocycles. The summed E-state index contributed by atoms with van der Waals surface area (Å²) in [6.45, 7) is 2.60. The van der Waals surface area contributed by atoms with Gasteiger partial charge in [-0.05, 0) is 30.5 Å². The van der Waals surface area contributed by atoms with E-state index in [4.69, 9.17) is 4.74 Å². The highest BCUT2D eigenvalue weighted by molar-refractivity contribution is 7.12. The van der Waals surface area contributed by atoms with Gasteiger partial charge in [0.1, 0.15) is 6.61 Å². The Morgan fingerprint density at radius 2 is 2.20 bits per heavy atom. The van der Waals surface area contributed by atoms with Crippen LogP contribution in [0.3, 0.4) is 0 Å². The summed E-state index contributed by atoms with van der Waals surface area (Å²) in [6, 6.07) is 8.01. The third-order valence-electron chi connectivity index (χ3n) is 3.88. The summed E-state index contributed by atoms with van der Waals surface area (Å²) >= 11 is 1.33. The largest absolute Gasteiger partial charge is 0.486 e. The fourth-order valence-electron chi connectivity index (χ4n) is 2.27. The Morgan fingerprint density at radius 1 is 1.40 bits per heavy atom. The molecule has 130 valence electrons. The van der Waals surface area contributed by atoms with Gasteiger partial charge in [0.05, 0.1) is 11.1 Å². The number of hydrogen-bond acceptors (Lipinski definition) is 4. The second-order valence-electron chi connectivity index (χ2n) is 5.60. The number of carbonyl (C=O) groups is 1. The molecule has 0 saturated carbocycles. The van der Waals surface area contributed by atoms with E-state index in [-0.39, 0.29) is 18.3 Å². The Hall–Kier alpha value is -2.67. The van der Waals surface area contributed by atoms with Crippen molar-refractivity contribution in [3.63, 3.8) is 0 Å². The maximum atomic E-state index is 13.5. The molecular weight excluding hydrogens is 341 g/mol. The zero-order valence-electron chi connectivity index (χ0n) is 14.0. The summed E-state index contributed by atoms with van der Waals surface area (Å²) in [6.07, 6.45) is 1.75. The Morgan fingerprint density at radius 3 is 2.92 bits per heavy atom. The molecule has 3 aromatic rings. The molecule has 3 rings (SSSR count). The molecule has 0 saturated heterocycles. The van der Waals surface area contributed by atoms with E-state index in [9.17, 15) is 9.18 Å².